The summed E-state index contributed by atoms with van der Waals surface area (Å²) in [5.41, 5.74) is 5.11. The van der Waals surface area contributed by atoms with Gasteiger partial charge >= 0.3 is 0 Å². The quantitative estimate of drug-likeness (QED) is 0.634. The number of hydrogen-bond acceptors (Lipinski definition) is 3. The van der Waals surface area contributed by atoms with Crippen molar-refractivity contribution < 1.29 is 0 Å². The summed E-state index contributed by atoms with van der Waals surface area (Å²) in [7, 11) is 0. The average molecular weight is 135 g/mol. The SMILES string of the molecule is N/C=C/Nc1ccccn1. The highest BCUT2D eigenvalue weighted by Gasteiger charge is 1.82. The van der Waals surface area contributed by atoms with Crippen molar-refractivity contribution in [3.05, 3.63) is 36.8 Å². The van der Waals surface area contributed by atoms with Crippen molar-refractivity contribution in [1.29, 1.82) is 0 Å². The fraction of sp³-hybridized carbons (Fsp3) is 0. The van der Waals surface area contributed by atoms with Gasteiger partial charge in [-0.3, -0.25) is 0 Å². The summed E-state index contributed by atoms with van der Waals surface area (Å²) in [5, 5.41) is 2.88. The molecule has 0 amide bonds. The predicted octanol–water partition coefficient (Wildman–Crippen LogP) is 0.923. The number of aromatic nitrogens is 1. The van der Waals surface area contributed by atoms with Gasteiger partial charge in [0, 0.05) is 18.6 Å². The predicted molar refractivity (Wildman–Crippen MR) is 41.2 cm³/mol. The van der Waals surface area contributed by atoms with Gasteiger partial charge in [0.2, 0.25) is 0 Å². The van der Waals surface area contributed by atoms with Gasteiger partial charge in [-0.15, -0.1) is 0 Å². The van der Waals surface area contributed by atoms with Crippen LogP contribution in [0, 0.1) is 0 Å². The van der Waals surface area contributed by atoms with Crippen molar-refractivity contribution in [2.75, 3.05) is 5.32 Å². The molecule has 10 heavy (non-hydrogen) atoms. The van der Waals surface area contributed by atoms with Crippen LogP contribution in [0.4, 0.5) is 5.82 Å². The number of nitrogens with zero attached hydrogens (tertiary/aromatic N) is 1. The van der Waals surface area contributed by atoms with Crippen LogP contribution in [0.5, 0.6) is 0 Å². The molecule has 3 heteroatoms. The molecule has 52 valence electrons. The number of anilines is 1. The Labute approximate surface area is 59.6 Å². The molecule has 1 aromatic rings. The Morgan fingerprint density at radius 3 is 3.00 bits per heavy atom. The van der Waals surface area contributed by atoms with E-state index in [2.05, 4.69) is 10.3 Å². The average Bonchev–Trinajstić information content (AvgIpc) is 2.03. The maximum absolute atomic E-state index is 5.11. The summed E-state index contributed by atoms with van der Waals surface area (Å²) in [6.45, 7) is 0. The van der Waals surface area contributed by atoms with E-state index in [1.807, 2.05) is 18.2 Å². The first-order valence-electron chi connectivity index (χ1n) is 2.98. The Hall–Kier alpha value is -1.51. The smallest absolute Gasteiger partial charge is 0.129 e. The second-order valence-corrected chi connectivity index (χ2v) is 1.72. The van der Waals surface area contributed by atoms with Crippen LogP contribution in [0.15, 0.2) is 36.8 Å². The highest BCUT2D eigenvalue weighted by atomic mass is 15.0. The first-order chi connectivity index (χ1) is 4.93. The molecule has 3 nitrogen and oxygen atoms in total. The van der Waals surface area contributed by atoms with Crippen LogP contribution < -0.4 is 11.1 Å². The third-order valence-electron chi connectivity index (χ3n) is 0.992. The number of nitrogens with two attached hydrogens (primary N) is 1. The van der Waals surface area contributed by atoms with E-state index >= 15 is 0 Å². The van der Waals surface area contributed by atoms with E-state index in [1.165, 1.54) is 6.20 Å². The van der Waals surface area contributed by atoms with Crippen LogP contribution in [0.25, 0.3) is 0 Å². The van der Waals surface area contributed by atoms with Gasteiger partial charge in [-0.1, -0.05) is 6.07 Å². The third-order valence-corrected chi connectivity index (χ3v) is 0.992. The van der Waals surface area contributed by atoms with Gasteiger partial charge in [0.05, 0.1) is 0 Å². The molecular weight excluding hydrogens is 126 g/mol. The Bertz CT molecular complexity index is 205. The first-order valence-corrected chi connectivity index (χ1v) is 2.98. The molecule has 1 heterocycles. The van der Waals surface area contributed by atoms with Crippen LogP contribution in [0.3, 0.4) is 0 Å². The molecule has 0 unspecified atom stereocenters. The van der Waals surface area contributed by atoms with E-state index in [-0.39, 0.29) is 0 Å². The highest BCUT2D eigenvalue weighted by Crippen LogP contribution is 1.97. The molecule has 0 fully saturated rings. The fourth-order valence-corrected chi connectivity index (χ4v) is 0.582. The van der Waals surface area contributed by atoms with Gasteiger partial charge in [0.1, 0.15) is 5.82 Å². The Morgan fingerprint density at radius 2 is 2.40 bits per heavy atom. The number of nitrogens with one attached hydrogen (secondary N) is 1. The molecule has 0 radical (unpaired) electrons. The number of pyridine rings is 1. The lowest BCUT2D eigenvalue weighted by Crippen LogP contribution is -1.91. The lowest BCUT2D eigenvalue weighted by atomic mass is 10.5. The number of rotatable bonds is 2. The van der Waals surface area contributed by atoms with Gasteiger partial charge in [0.15, 0.2) is 0 Å². The molecule has 0 spiro atoms. The summed E-state index contributed by atoms with van der Waals surface area (Å²) in [6, 6.07) is 5.62. The lowest BCUT2D eigenvalue weighted by molar-refractivity contribution is 1.30. The van der Waals surface area contributed by atoms with Crippen molar-refractivity contribution >= 4 is 5.82 Å². The van der Waals surface area contributed by atoms with Crippen LogP contribution in [-0.4, -0.2) is 4.98 Å². The summed E-state index contributed by atoms with van der Waals surface area (Å²) in [5.74, 6) is 0.796. The van der Waals surface area contributed by atoms with Crippen LogP contribution in [0.1, 0.15) is 0 Å². The summed E-state index contributed by atoms with van der Waals surface area (Å²) in [4.78, 5) is 4.00. The van der Waals surface area contributed by atoms with E-state index in [0.29, 0.717) is 0 Å². The minimum Gasteiger partial charge on any atom is -0.403 e. The van der Waals surface area contributed by atoms with Crippen LogP contribution in [-0.2, 0) is 0 Å². The molecule has 3 N–H and O–H groups in total. The van der Waals surface area contributed by atoms with Crippen LogP contribution >= 0.6 is 0 Å². The summed E-state index contributed by atoms with van der Waals surface area (Å²) >= 11 is 0. The van der Waals surface area contributed by atoms with Crippen LogP contribution in [0.2, 0.25) is 0 Å². The topological polar surface area (TPSA) is 50.9 Å². The molecule has 0 saturated heterocycles. The molecule has 1 rings (SSSR count). The standard InChI is InChI=1S/C7H9N3/c8-4-6-10-7-3-1-2-5-9-7/h1-6H,8H2,(H,9,10)/b6-4+. The van der Waals surface area contributed by atoms with Gasteiger partial charge < -0.3 is 11.1 Å². The highest BCUT2D eigenvalue weighted by molar-refractivity contribution is 5.35. The molecule has 0 aromatic carbocycles. The molecule has 0 aliphatic heterocycles. The van der Waals surface area contributed by atoms with E-state index in [0.717, 1.165) is 5.82 Å². The zero-order valence-electron chi connectivity index (χ0n) is 5.49. The van der Waals surface area contributed by atoms with Gasteiger partial charge in [0.25, 0.3) is 0 Å². The zero-order chi connectivity index (χ0) is 7.23. The van der Waals surface area contributed by atoms with Crippen molar-refractivity contribution in [3.63, 3.8) is 0 Å². The normalized spacial score (nSPS) is 10.0. The first kappa shape index (κ1) is 6.61. The second-order valence-electron chi connectivity index (χ2n) is 1.72. The second kappa shape index (κ2) is 3.50. The Morgan fingerprint density at radius 1 is 1.50 bits per heavy atom. The monoisotopic (exact) mass is 135 g/mol. The zero-order valence-corrected chi connectivity index (χ0v) is 5.49. The Kier molecular flexibility index (Phi) is 2.31. The largest absolute Gasteiger partial charge is 0.403 e. The Balaban J connectivity index is 2.59. The van der Waals surface area contributed by atoms with Crippen molar-refractivity contribution in [1.82, 2.24) is 4.98 Å². The summed E-state index contributed by atoms with van der Waals surface area (Å²) in [6.07, 6.45) is 4.77. The number of hydrogen-bond donors (Lipinski definition) is 2. The molecule has 0 atom stereocenters. The van der Waals surface area contributed by atoms with E-state index < -0.39 is 0 Å². The van der Waals surface area contributed by atoms with E-state index in [9.17, 15) is 0 Å². The molecule has 1 aromatic heterocycles. The van der Waals surface area contributed by atoms with Gasteiger partial charge in [-0.05, 0) is 12.1 Å². The summed E-state index contributed by atoms with van der Waals surface area (Å²) < 4.78 is 0. The maximum Gasteiger partial charge on any atom is 0.129 e. The minimum atomic E-state index is 0.796. The molecular formula is C7H9N3. The van der Waals surface area contributed by atoms with Gasteiger partial charge in [-0.2, -0.15) is 0 Å². The fourth-order valence-electron chi connectivity index (χ4n) is 0.582. The lowest BCUT2D eigenvalue weighted by Gasteiger charge is -1.95. The van der Waals surface area contributed by atoms with Crippen molar-refractivity contribution in [2.45, 2.75) is 0 Å². The van der Waals surface area contributed by atoms with E-state index in [1.54, 1.807) is 12.4 Å². The molecule has 0 bridgehead atoms. The minimum absolute atomic E-state index is 0.796. The van der Waals surface area contributed by atoms with Crippen molar-refractivity contribution in [3.8, 4) is 0 Å². The third kappa shape index (κ3) is 1.78. The van der Waals surface area contributed by atoms with Gasteiger partial charge in [-0.25, -0.2) is 4.98 Å². The maximum atomic E-state index is 5.11. The molecule has 0 saturated carbocycles. The van der Waals surface area contributed by atoms with Crippen molar-refractivity contribution in [2.24, 2.45) is 5.73 Å². The molecule has 0 aliphatic rings. The molecule has 0 aliphatic carbocycles. The van der Waals surface area contributed by atoms with E-state index in [4.69, 9.17) is 5.73 Å².